The summed E-state index contributed by atoms with van der Waals surface area (Å²) in [5.41, 5.74) is -0.182. The maximum atomic E-state index is 12.1. The monoisotopic (exact) mass is 315 g/mol. The van der Waals surface area contributed by atoms with Crippen molar-refractivity contribution < 1.29 is 24.2 Å². The minimum atomic E-state index is -1.25. The molecule has 2 atom stereocenters. The summed E-state index contributed by atoms with van der Waals surface area (Å²) in [5.74, 6) is -1.40. The lowest BCUT2D eigenvalue weighted by Crippen LogP contribution is -2.60. The number of ether oxygens (including phenoxy) is 2. The lowest BCUT2D eigenvalue weighted by Gasteiger charge is -2.53. The van der Waals surface area contributed by atoms with Crippen LogP contribution in [0.2, 0.25) is 0 Å². The van der Waals surface area contributed by atoms with Crippen LogP contribution in [-0.4, -0.2) is 58.4 Å². The van der Waals surface area contributed by atoms with Crippen LogP contribution in [0.5, 0.6) is 0 Å². The number of carbonyl (C=O) groups is 2. The fourth-order valence-corrected chi connectivity index (χ4v) is 2.94. The van der Waals surface area contributed by atoms with E-state index in [0.717, 1.165) is 12.8 Å². The van der Waals surface area contributed by atoms with Gasteiger partial charge in [0.05, 0.1) is 0 Å². The van der Waals surface area contributed by atoms with Crippen molar-refractivity contribution in [2.24, 2.45) is 0 Å². The van der Waals surface area contributed by atoms with Crippen LogP contribution in [0.1, 0.15) is 54.4 Å². The molecule has 6 nitrogen and oxygen atoms in total. The van der Waals surface area contributed by atoms with Gasteiger partial charge in [-0.1, -0.05) is 0 Å². The van der Waals surface area contributed by atoms with Crippen molar-refractivity contribution in [2.75, 3.05) is 7.05 Å². The van der Waals surface area contributed by atoms with Crippen LogP contribution in [0.4, 0.5) is 0 Å². The lowest BCUT2D eigenvalue weighted by molar-refractivity contribution is -0.179. The number of piperidine rings is 1. The Kier molecular flexibility index (Phi) is 5.62. The summed E-state index contributed by atoms with van der Waals surface area (Å²) < 4.78 is 10.4. The number of likely N-dealkylation sites (tertiary alicyclic amines) is 1. The van der Waals surface area contributed by atoms with E-state index in [1.165, 1.54) is 13.8 Å². The molecular formula is C16H29NO5. The maximum absolute atomic E-state index is 12.1. The summed E-state index contributed by atoms with van der Waals surface area (Å²) in [6.07, 6.45) is -1.06. The highest BCUT2D eigenvalue weighted by Gasteiger charge is 2.44. The zero-order chi connectivity index (χ0) is 17.3. The van der Waals surface area contributed by atoms with E-state index < -0.39 is 24.1 Å². The molecule has 1 heterocycles. The molecule has 0 aromatic carbocycles. The number of nitrogens with zero attached hydrogens (tertiary/aromatic N) is 1. The summed E-state index contributed by atoms with van der Waals surface area (Å²) in [7, 11) is 2.07. The van der Waals surface area contributed by atoms with Crippen molar-refractivity contribution in [3.63, 3.8) is 0 Å². The Labute approximate surface area is 132 Å². The molecule has 1 saturated heterocycles. The summed E-state index contributed by atoms with van der Waals surface area (Å²) in [6, 6.07) is 0. The Morgan fingerprint density at radius 3 is 1.95 bits per heavy atom. The van der Waals surface area contributed by atoms with E-state index in [2.05, 4.69) is 39.6 Å². The van der Waals surface area contributed by atoms with E-state index in [1.54, 1.807) is 0 Å². The second-order valence-electron chi connectivity index (χ2n) is 7.41. The zero-order valence-corrected chi connectivity index (χ0v) is 14.7. The molecule has 1 aliphatic heterocycles. The van der Waals surface area contributed by atoms with Crippen molar-refractivity contribution in [1.29, 1.82) is 0 Å². The van der Waals surface area contributed by atoms with Gasteiger partial charge in [-0.2, -0.15) is 0 Å². The molecule has 1 N–H and O–H groups in total. The minimum absolute atomic E-state index is 0.0910. The molecule has 6 heteroatoms. The van der Waals surface area contributed by atoms with Crippen LogP contribution in [0.25, 0.3) is 0 Å². The maximum Gasteiger partial charge on any atom is 0.347 e. The second kappa shape index (κ2) is 6.54. The molecule has 0 spiro atoms. The Morgan fingerprint density at radius 2 is 1.55 bits per heavy atom. The van der Waals surface area contributed by atoms with Crippen molar-refractivity contribution in [2.45, 2.75) is 83.8 Å². The average molecular weight is 315 g/mol. The van der Waals surface area contributed by atoms with E-state index in [4.69, 9.17) is 14.6 Å². The summed E-state index contributed by atoms with van der Waals surface area (Å²) in [4.78, 5) is 25.7. The molecule has 2 unspecified atom stereocenters. The first-order valence-electron chi connectivity index (χ1n) is 7.70. The second-order valence-corrected chi connectivity index (χ2v) is 7.41. The topological polar surface area (TPSA) is 76.1 Å². The molecule has 0 aliphatic carbocycles. The third kappa shape index (κ3) is 4.43. The molecular weight excluding hydrogens is 286 g/mol. The molecule has 22 heavy (non-hydrogen) atoms. The summed E-state index contributed by atoms with van der Waals surface area (Å²) in [5, 5.41) is 9.11. The number of hydrogen-bond acceptors (Lipinski definition) is 6. The number of rotatable bonds is 4. The Hall–Kier alpha value is -1.14. The van der Waals surface area contributed by atoms with E-state index in [1.807, 2.05) is 0 Å². The molecule has 0 aromatic rings. The van der Waals surface area contributed by atoms with Crippen LogP contribution < -0.4 is 0 Å². The predicted octanol–water partition coefficient (Wildman–Crippen LogP) is 1.49. The highest BCUT2D eigenvalue weighted by Crippen LogP contribution is 2.38. The highest BCUT2D eigenvalue weighted by molar-refractivity contribution is 5.80. The first-order valence-corrected chi connectivity index (χ1v) is 7.70. The zero-order valence-electron chi connectivity index (χ0n) is 14.7. The predicted molar refractivity (Wildman–Crippen MR) is 82.3 cm³/mol. The van der Waals surface area contributed by atoms with Gasteiger partial charge in [0, 0.05) is 23.9 Å². The summed E-state index contributed by atoms with van der Waals surface area (Å²) in [6.45, 7) is 11.2. The number of hydrogen-bond donors (Lipinski definition) is 1. The van der Waals surface area contributed by atoms with Gasteiger partial charge < -0.3 is 14.6 Å². The fraction of sp³-hybridized carbons (Fsp3) is 0.875. The first kappa shape index (κ1) is 18.9. The van der Waals surface area contributed by atoms with Crippen LogP contribution in [0, 0.1) is 0 Å². The lowest BCUT2D eigenvalue weighted by atomic mass is 9.79. The molecule has 128 valence electrons. The van der Waals surface area contributed by atoms with Crippen molar-refractivity contribution in [1.82, 2.24) is 4.90 Å². The van der Waals surface area contributed by atoms with Gasteiger partial charge in [0.2, 0.25) is 0 Å². The third-order valence-electron chi connectivity index (χ3n) is 4.52. The fourth-order valence-electron chi connectivity index (χ4n) is 2.94. The Balaban J connectivity index is 2.66. The van der Waals surface area contributed by atoms with Gasteiger partial charge >= 0.3 is 11.9 Å². The molecule has 0 aromatic heterocycles. The quantitative estimate of drug-likeness (QED) is 0.792. The molecule has 0 bridgehead atoms. The van der Waals surface area contributed by atoms with Crippen LogP contribution in [0.15, 0.2) is 0 Å². The average Bonchev–Trinajstić information content (AvgIpc) is 2.34. The molecule has 0 saturated carbocycles. The standard InChI is InChI=1S/C16H29NO5/c1-10(18)13(19)21-11(2)14(20)22-12-8-15(3,4)17(7)16(5,6)9-12/h10-12,18H,8-9H2,1-7H3. The van der Waals surface area contributed by atoms with Crippen LogP contribution in [-0.2, 0) is 19.1 Å². The van der Waals surface area contributed by atoms with Gasteiger partial charge in [-0.15, -0.1) is 0 Å². The van der Waals surface area contributed by atoms with Gasteiger partial charge in [0.25, 0.3) is 0 Å². The molecule has 1 aliphatic rings. The number of aliphatic hydroxyl groups is 1. The minimum Gasteiger partial charge on any atom is -0.460 e. The molecule has 1 rings (SSSR count). The highest BCUT2D eigenvalue weighted by atomic mass is 16.6. The molecule has 0 amide bonds. The van der Waals surface area contributed by atoms with E-state index in [0.29, 0.717) is 0 Å². The van der Waals surface area contributed by atoms with Gasteiger partial charge in [-0.05, 0) is 48.6 Å². The van der Waals surface area contributed by atoms with Gasteiger partial charge in [-0.3, -0.25) is 4.90 Å². The number of esters is 2. The van der Waals surface area contributed by atoms with Gasteiger partial charge in [0.1, 0.15) is 12.2 Å². The summed E-state index contributed by atoms with van der Waals surface area (Å²) >= 11 is 0. The van der Waals surface area contributed by atoms with E-state index in [9.17, 15) is 9.59 Å². The normalized spacial score (nSPS) is 24.4. The number of carbonyl (C=O) groups excluding carboxylic acids is 2. The van der Waals surface area contributed by atoms with E-state index >= 15 is 0 Å². The molecule has 1 fully saturated rings. The first-order chi connectivity index (χ1) is 9.86. The van der Waals surface area contributed by atoms with E-state index in [-0.39, 0.29) is 17.2 Å². The Bertz CT molecular complexity index is 412. The van der Waals surface area contributed by atoms with Gasteiger partial charge in [-0.25, -0.2) is 9.59 Å². The SMILES string of the molecule is CC(O)C(=O)OC(C)C(=O)OC1CC(C)(C)N(C)C(C)(C)C1. The molecule has 0 radical (unpaired) electrons. The Morgan fingerprint density at radius 1 is 1.09 bits per heavy atom. The van der Waals surface area contributed by atoms with Crippen LogP contribution >= 0.6 is 0 Å². The van der Waals surface area contributed by atoms with Gasteiger partial charge in [0.15, 0.2) is 6.10 Å². The largest absolute Gasteiger partial charge is 0.460 e. The van der Waals surface area contributed by atoms with Crippen molar-refractivity contribution >= 4 is 11.9 Å². The third-order valence-corrected chi connectivity index (χ3v) is 4.52. The van der Waals surface area contributed by atoms with Crippen molar-refractivity contribution in [3.05, 3.63) is 0 Å². The van der Waals surface area contributed by atoms with Crippen LogP contribution in [0.3, 0.4) is 0 Å². The number of aliphatic hydroxyl groups excluding tert-OH is 1. The van der Waals surface area contributed by atoms with Crippen molar-refractivity contribution in [3.8, 4) is 0 Å². The smallest absolute Gasteiger partial charge is 0.347 e.